The fourth-order valence-corrected chi connectivity index (χ4v) is 0.898. The quantitative estimate of drug-likeness (QED) is 0.663. The lowest BCUT2D eigenvalue weighted by atomic mass is 9.97. The minimum atomic E-state index is -0.708. The molecule has 0 heterocycles. The monoisotopic (exact) mass is 184 g/mol. The first kappa shape index (κ1) is 14.9. The van der Waals surface area contributed by atoms with Gasteiger partial charge in [0.05, 0.1) is 5.60 Å². The van der Waals surface area contributed by atoms with Gasteiger partial charge >= 0.3 is 0 Å². The Balaban J connectivity index is 0. The Hall–Kier alpha value is -0.560. The number of hydrogen-bond donors (Lipinski definition) is 1. The van der Waals surface area contributed by atoms with Crippen LogP contribution in [0.25, 0.3) is 0 Å². The molecule has 0 amide bonds. The first-order valence-corrected chi connectivity index (χ1v) is 5.08. The lowest BCUT2D eigenvalue weighted by molar-refractivity contribution is 0.123. The Kier molecular flexibility index (Phi) is 9.26. The van der Waals surface area contributed by atoms with Gasteiger partial charge in [-0.15, -0.1) is 0 Å². The molecule has 0 unspecified atom stereocenters. The third-order valence-corrected chi connectivity index (χ3v) is 1.55. The van der Waals surface area contributed by atoms with Crippen LogP contribution >= 0.6 is 0 Å². The molecule has 0 aromatic carbocycles. The van der Waals surface area contributed by atoms with E-state index in [1.54, 1.807) is 13.8 Å². The van der Waals surface area contributed by atoms with Crippen molar-refractivity contribution in [3.05, 3.63) is 23.8 Å². The Morgan fingerprint density at radius 1 is 1.31 bits per heavy atom. The van der Waals surface area contributed by atoms with Gasteiger partial charge in [-0.25, -0.2) is 0 Å². The summed E-state index contributed by atoms with van der Waals surface area (Å²) in [7, 11) is 0. The molecule has 0 fully saturated rings. The molecule has 0 saturated carbocycles. The average Bonchev–Trinajstić information content (AvgIpc) is 2.07. The van der Waals surface area contributed by atoms with Crippen LogP contribution in [0.3, 0.4) is 0 Å². The lowest BCUT2D eigenvalue weighted by Gasteiger charge is -2.18. The van der Waals surface area contributed by atoms with Crippen LogP contribution in [-0.2, 0) is 0 Å². The van der Waals surface area contributed by atoms with Gasteiger partial charge in [0.1, 0.15) is 0 Å². The topological polar surface area (TPSA) is 20.2 Å². The maximum absolute atomic E-state index is 9.58. The fraction of sp³-hybridized carbons (Fsp3) is 0.667. The molecular weight excluding hydrogens is 160 g/mol. The van der Waals surface area contributed by atoms with Crippen LogP contribution in [0, 0.1) is 0 Å². The molecule has 0 saturated heterocycles. The summed E-state index contributed by atoms with van der Waals surface area (Å²) < 4.78 is 0. The third kappa shape index (κ3) is 7.79. The van der Waals surface area contributed by atoms with E-state index >= 15 is 0 Å². The lowest BCUT2D eigenvalue weighted by Crippen LogP contribution is -2.20. The Morgan fingerprint density at radius 2 is 1.77 bits per heavy atom. The second kappa shape index (κ2) is 8.06. The molecule has 1 N–H and O–H groups in total. The number of rotatable bonds is 3. The molecule has 78 valence electrons. The molecule has 0 radical (unpaired) electrons. The van der Waals surface area contributed by atoms with Crippen molar-refractivity contribution in [2.45, 2.75) is 53.6 Å². The van der Waals surface area contributed by atoms with Crippen molar-refractivity contribution in [1.29, 1.82) is 0 Å². The van der Waals surface area contributed by atoms with Crippen molar-refractivity contribution >= 4 is 0 Å². The van der Waals surface area contributed by atoms with Crippen LogP contribution in [-0.4, -0.2) is 10.7 Å². The van der Waals surface area contributed by atoms with Crippen LogP contribution in [0.4, 0.5) is 0 Å². The van der Waals surface area contributed by atoms with Crippen LogP contribution in [0.1, 0.15) is 48.0 Å². The number of allylic oxidation sites excluding steroid dienone is 2. The van der Waals surface area contributed by atoms with Crippen molar-refractivity contribution < 1.29 is 5.11 Å². The van der Waals surface area contributed by atoms with Gasteiger partial charge in [-0.2, -0.15) is 0 Å². The van der Waals surface area contributed by atoms with E-state index in [0.717, 1.165) is 12.0 Å². The highest BCUT2D eigenvalue weighted by Crippen LogP contribution is 2.16. The van der Waals surface area contributed by atoms with E-state index in [-0.39, 0.29) is 0 Å². The Labute approximate surface area is 83.2 Å². The predicted octanol–water partition coefficient (Wildman–Crippen LogP) is 3.70. The zero-order chi connectivity index (χ0) is 10.9. The van der Waals surface area contributed by atoms with Crippen LogP contribution < -0.4 is 0 Å². The molecule has 0 aliphatic rings. The summed E-state index contributed by atoms with van der Waals surface area (Å²) in [5.74, 6) is 0. The standard InChI is InChI=1S/C10H18O.C2H6/c1-5-7-8-9(6-2)10(3,4)11;1-2/h6-8,11H,5H2,1-4H3;1-2H3/b8-7-,9-6+;. The molecule has 0 bridgehead atoms. The van der Waals surface area contributed by atoms with Crippen molar-refractivity contribution in [2.75, 3.05) is 0 Å². The molecule has 0 aromatic heterocycles. The third-order valence-electron chi connectivity index (χ3n) is 1.55. The van der Waals surface area contributed by atoms with Crippen LogP contribution in [0.5, 0.6) is 0 Å². The second-order valence-corrected chi connectivity index (χ2v) is 3.11. The highest BCUT2D eigenvalue weighted by molar-refractivity contribution is 5.26. The minimum Gasteiger partial charge on any atom is -0.386 e. The molecule has 0 aromatic rings. The largest absolute Gasteiger partial charge is 0.386 e. The highest BCUT2D eigenvalue weighted by atomic mass is 16.3. The van der Waals surface area contributed by atoms with Gasteiger partial charge in [0.2, 0.25) is 0 Å². The minimum absolute atomic E-state index is 0.708. The van der Waals surface area contributed by atoms with Crippen molar-refractivity contribution in [2.24, 2.45) is 0 Å². The van der Waals surface area contributed by atoms with Gasteiger partial charge in [-0.05, 0) is 32.8 Å². The number of aliphatic hydroxyl groups is 1. The molecule has 0 rings (SSSR count). The van der Waals surface area contributed by atoms with Crippen molar-refractivity contribution in [3.63, 3.8) is 0 Å². The summed E-state index contributed by atoms with van der Waals surface area (Å²) in [6.45, 7) is 11.6. The van der Waals surface area contributed by atoms with Gasteiger partial charge in [-0.3, -0.25) is 0 Å². The van der Waals surface area contributed by atoms with E-state index in [1.165, 1.54) is 0 Å². The Morgan fingerprint density at radius 3 is 2.00 bits per heavy atom. The van der Waals surface area contributed by atoms with E-state index < -0.39 is 5.60 Å². The van der Waals surface area contributed by atoms with Crippen LogP contribution in [0.2, 0.25) is 0 Å². The summed E-state index contributed by atoms with van der Waals surface area (Å²) in [6, 6.07) is 0. The molecule has 1 nitrogen and oxygen atoms in total. The van der Waals surface area contributed by atoms with E-state index in [0.29, 0.717) is 0 Å². The molecule has 0 aliphatic carbocycles. The van der Waals surface area contributed by atoms with Crippen molar-refractivity contribution in [1.82, 2.24) is 0 Å². The molecule has 1 heteroatoms. The summed E-state index contributed by atoms with van der Waals surface area (Å²) in [6.07, 6.45) is 6.97. The maximum Gasteiger partial charge on any atom is 0.0837 e. The van der Waals surface area contributed by atoms with Gasteiger partial charge in [0.25, 0.3) is 0 Å². The summed E-state index contributed by atoms with van der Waals surface area (Å²) in [5, 5.41) is 9.58. The van der Waals surface area contributed by atoms with Gasteiger partial charge in [-0.1, -0.05) is 39.0 Å². The zero-order valence-corrected chi connectivity index (χ0v) is 9.89. The predicted molar refractivity (Wildman–Crippen MR) is 60.8 cm³/mol. The SMILES string of the molecule is C/C=C(\C=C/CC)C(C)(C)O.CC. The number of hydrogen-bond acceptors (Lipinski definition) is 1. The normalized spacial score (nSPS) is 12.7. The van der Waals surface area contributed by atoms with E-state index in [2.05, 4.69) is 6.92 Å². The molecular formula is C12H24O. The summed E-state index contributed by atoms with van der Waals surface area (Å²) in [4.78, 5) is 0. The molecule has 0 atom stereocenters. The summed E-state index contributed by atoms with van der Waals surface area (Å²) >= 11 is 0. The van der Waals surface area contributed by atoms with E-state index in [4.69, 9.17) is 0 Å². The van der Waals surface area contributed by atoms with Crippen LogP contribution in [0.15, 0.2) is 23.8 Å². The molecule has 13 heavy (non-hydrogen) atoms. The van der Waals surface area contributed by atoms with E-state index in [1.807, 2.05) is 39.0 Å². The molecule has 0 aliphatic heterocycles. The fourth-order valence-electron chi connectivity index (χ4n) is 0.898. The average molecular weight is 184 g/mol. The van der Waals surface area contributed by atoms with E-state index in [9.17, 15) is 5.11 Å². The van der Waals surface area contributed by atoms with Gasteiger partial charge in [0.15, 0.2) is 0 Å². The first-order valence-electron chi connectivity index (χ1n) is 5.08. The maximum atomic E-state index is 9.58. The summed E-state index contributed by atoms with van der Waals surface area (Å²) in [5.41, 5.74) is 0.264. The van der Waals surface area contributed by atoms with Gasteiger partial charge < -0.3 is 5.11 Å². The Bertz CT molecular complexity index is 158. The second-order valence-electron chi connectivity index (χ2n) is 3.11. The highest BCUT2D eigenvalue weighted by Gasteiger charge is 2.14. The van der Waals surface area contributed by atoms with Gasteiger partial charge in [0, 0.05) is 0 Å². The zero-order valence-electron chi connectivity index (χ0n) is 9.89. The smallest absolute Gasteiger partial charge is 0.0837 e. The first-order chi connectivity index (χ1) is 6.02. The van der Waals surface area contributed by atoms with Crippen molar-refractivity contribution in [3.8, 4) is 0 Å². The molecule has 0 spiro atoms.